The molecule has 0 amide bonds. The van der Waals surface area contributed by atoms with E-state index in [1.54, 1.807) is 18.4 Å². The Morgan fingerprint density at radius 3 is 2.65 bits per heavy atom. The van der Waals surface area contributed by atoms with Gasteiger partial charge in [-0.25, -0.2) is 4.79 Å². The van der Waals surface area contributed by atoms with Gasteiger partial charge in [0.1, 0.15) is 0 Å². The molecule has 1 aliphatic heterocycles. The topological polar surface area (TPSA) is 40.5 Å². The van der Waals surface area contributed by atoms with E-state index in [2.05, 4.69) is 0 Å². The number of hydrogen-bond acceptors (Lipinski definition) is 2. The van der Waals surface area contributed by atoms with Crippen LogP contribution in [0.5, 0.6) is 0 Å². The molecule has 1 aromatic carbocycles. The fourth-order valence-electron chi connectivity index (χ4n) is 1.52. The maximum absolute atomic E-state index is 10.7. The number of benzene rings is 1. The maximum Gasteiger partial charge on any atom is 0.335 e. The number of carboxylic acid groups (broad SMARTS) is 1. The zero-order chi connectivity index (χ0) is 12.1. The standard InChI is InChI=1S/C14H13NO2/c16-14(17)13-7-10-15(11-8-13)9-6-12-4-2-1-3-5-12/h1-10H,11H2,(H,16,17). The third-order valence-corrected chi connectivity index (χ3v) is 2.47. The van der Waals surface area contributed by atoms with E-state index >= 15 is 0 Å². The fourth-order valence-corrected chi connectivity index (χ4v) is 1.52. The van der Waals surface area contributed by atoms with Gasteiger partial charge < -0.3 is 10.0 Å². The van der Waals surface area contributed by atoms with Crippen molar-refractivity contribution >= 4 is 12.0 Å². The first-order valence-corrected chi connectivity index (χ1v) is 5.36. The Morgan fingerprint density at radius 1 is 1.29 bits per heavy atom. The maximum atomic E-state index is 10.7. The quantitative estimate of drug-likeness (QED) is 0.862. The van der Waals surface area contributed by atoms with Crippen molar-refractivity contribution in [1.29, 1.82) is 0 Å². The molecule has 0 spiro atoms. The lowest BCUT2D eigenvalue weighted by Crippen LogP contribution is -2.15. The van der Waals surface area contributed by atoms with Gasteiger partial charge in [0.25, 0.3) is 0 Å². The highest BCUT2D eigenvalue weighted by Crippen LogP contribution is 2.09. The first kappa shape index (κ1) is 11.2. The lowest BCUT2D eigenvalue weighted by molar-refractivity contribution is -0.132. The Morgan fingerprint density at radius 2 is 2.06 bits per heavy atom. The van der Waals surface area contributed by atoms with Crippen LogP contribution in [0.4, 0.5) is 0 Å². The van der Waals surface area contributed by atoms with Crippen LogP contribution in [0, 0.1) is 0 Å². The summed E-state index contributed by atoms with van der Waals surface area (Å²) >= 11 is 0. The Labute approximate surface area is 100.0 Å². The number of carboxylic acids is 1. The van der Waals surface area contributed by atoms with Gasteiger partial charge in [0.05, 0.1) is 5.57 Å². The summed E-state index contributed by atoms with van der Waals surface area (Å²) in [4.78, 5) is 12.6. The number of hydrogen-bond donors (Lipinski definition) is 1. The molecule has 0 radical (unpaired) electrons. The molecule has 0 bridgehead atoms. The average molecular weight is 227 g/mol. The first-order chi connectivity index (χ1) is 8.25. The lowest BCUT2D eigenvalue weighted by Gasteiger charge is -2.16. The summed E-state index contributed by atoms with van der Waals surface area (Å²) < 4.78 is 0. The Bertz CT molecular complexity index is 486. The van der Waals surface area contributed by atoms with E-state index in [1.165, 1.54) is 0 Å². The van der Waals surface area contributed by atoms with Gasteiger partial charge in [-0.1, -0.05) is 36.4 Å². The normalized spacial score (nSPS) is 15.1. The van der Waals surface area contributed by atoms with Crippen molar-refractivity contribution in [2.75, 3.05) is 6.54 Å². The number of nitrogens with zero attached hydrogens (tertiary/aromatic N) is 1. The molecule has 2 rings (SSSR count). The number of aliphatic carboxylic acids is 1. The van der Waals surface area contributed by atoms with Gasteiger partial charge in [0.15, 0.2) is 0 Å². The zero-order valence-electron chi connectivity index (χ0n) is 9.28. The minimum Gasteiger partial charge on any atom is -0.478 e. The average Bonchev–Trinajstić information content (AvgIpc) is 2.38. The highest BCUT2D eigenvalue weighted by molar-refractivity contribution is 5.90. The van der Waals surface area contributed by atoms with Crippen LogP contribution >= 0.6 is 0 Å². The molecule has 3 nitrogen and oxygen atoms in total. The highest BCUT2D eigenvalue weighted by atomic mass is 16.4. The van der Waals surface area contributed by atoms with Gasteiger partial charge in [0, 0.05) is 18.9 Å². The van der Waals surface area contributed by atoms with Gasteiger partial charge in [-0.2, -0.15) is 0 Å². The first-order valence-electron chi connectivity index (χ1n) is 5.36. The summed E-state index contributed by atoms with van der Waals surface area (Å²) in [7, 11) is 0. The molecule has 0 saturated heterocycles. The van der Waals surface area contributed by atoms with Gasteiger partial charge in [0.2, 0.25) is 0 Å². The van der Waals surface area contributed by atoms with E-state index in [1.807, 2.05) is 47.5 Å². The predicted octanol–water partition coefficient (Wildman–Crippen LogP) is 2.50. The molecule has 17 heavy (non-hydrogen) atoms. The third kappa shape index (κ3) is 3.08. The SMILES string of the molecule is O=C(O)C1=CCN(C=Cc2ccccc2)C=C1. The molecule has 1 aromatic rings. The molecule has 0 saturated carbocycles. The Balaban J connectivity index is 1.98. The van der Waals surface area contributed by atoms with Crippen LogP contribution in [0.3, 0.4) is 0 Å². The fraction of sp³-hybridized carbons (Fsp3) is 0.0714. The van der Waals surface area contributed by atoms with E-state index < -0.39 is 5.97 Å². The van der Waals surface area contributed by atoms with E-state index in [9.17, 15) is 4.79 Å². The second-order valence-corrected chi connectivity index (χ2v) is 3.70. The van der Waals surface area contributed by atoms with E-state index in [4.69, 9.17) is 5.11 Å². The lowest BCUT2D eigenvalue weighted by atomic mass is 10.2. The minimum atomic E-state index is -0.882. The van der Waals surface area contributed by atoms with E-state index in [-0.39, 0.29) is 0 Å². The molecule has 0 aliphatic carbocycles. The summed E-state index contributed by atoms with van der Waals surface area (Å²) in [6, 6.07) is 9.97. The summed E-state index contributed by atoms with van der Waals surface area (Å²) in [6.45, 7) is 0.585. The van der Waals surface area contributed by atoms with Crippen LogP contribution in [0.15, 0.2) is 60.5 Å². The summed E-state index contributed by atoms with van der Waals surface area (Å²) in [5.41, 5.74) is 1.46. The molecule has 3 heteroatoms. The Kier molecular flexibility index (Phi) is 3.40. The van der Waals surface area contributed by atoms with Crippen LogP contribution in [-0.2, 0) is 4.79 Å². The summed E-state index contributed by atoms with van der Waals surface area (Å²) in [5.74, 6) is -0.882. The predicted molar refractivity (Wildman–Crippen MR) is 67.0 cm³/mol. The van der Waals surface area contributed by atoms with Crippen molar-refractivity contribution < 1.29 is 9.90 Å². The molecule has 1 N–H and O–H groups in total. The zero-order valence-corrected chi connectivity index (χ0v) is 9.28. The second kappa shape index (κ2) is 5.16. The molecule has 1 aliphatic rings. The second-order valence-electron chi connectivity index (χ2n) is 3.70. The molecule has 0 fully saturated rings. The highest BCUT2D eigenvalue weighted by Gasteiger charge is 2.07. The van der Waals surface area contributed by atoms with Crippen molar-refractivity contribution in [2.45, 2.75) is 0 Å². The van der Waals surface area contributed by atoms with Crippen molar-refractivity contribution in [1.82, 2.24) is 4.90 Å². The molecule has 86 valence electrons. The molecule has 0 atom stereocenters. The van der Waals surface area contributed by atoms with Crippen molar-refractivity contribution in [2.24, 2.45) is 0 Å². The van der Waals surface area contributed by atoms with Crippen molar-refractivity contribution in [3.8, 4) is 0 Å². The van der Waals surface area contributed by atoms with Crippen molar-refractivity contribution in [3.63, 3.8) is 0 Å². The van der Waals surface area contributed by atoms with E-state index in [0.29, 0.717) is 12.1 Å². The van der Waals surface area contributed by atoms with Crippen molar-refractivity contribution in [3.05, 3.63) is 66.0 Å². The van der Waals surface area contributed by atoms with Gasteiger partial charge in [-0.15, -0.1) is 0 Å². The summed E-state index contributed by atoms with van der Waals surface area (Å²) in [5, 5.41) is 8.78. The summed E-state index contributed by atoms with van der Waals surface area (Å²) in [6.07, 6.45) is 8.98. The smallest absolute Gasteiger partial charge is 0.335 e. The molecule has 0 unspecified atom stereocenters. The largest absolute Gasteiger partial charge is 0.478 e. The van der Waals surface area contributed by atoms with Crippen LogP contribution in [0.1, 0.15) is 5.56 Å². The van der Waals surface area contributed by atoms with Gasteiger partial charge in [-0.3, -0.25) is 0 Å². The third-order valence-electron chi connectivity index (χ3n) is 2.47. The van der Waals surface area contributed by atoms with Crippen LogP contribution in [0.2, 0.25) is 0 Å². The Hall–Kier alpha value is -2.29. The molecule has 1 heterocycles. The van der Waals surface area contributed by atoms with Crippen LogP contribution in [-0.4, -0.2) is 22.5 Å². The van der Waals surface area contributed by atoms with Crippen LogP contribution in [0.25, 0.3) is 6.08 Å². The number of carbonyl (C=O) groups is 1. The van der Waals surface area contributed by atoms with Crippen LogP contribution < -0.4 is 0 Å². The number of rotatable bonds is 3. The van der Waals surface area contributed by atoms with E-state index in [0.717, 1.165) is 5.56 Å². The molecule has 0 aromatic heterocycles. The monoisotopic (exact) mass is 227 g/mol. The molecular formula is C14H13NO2. The van der Waals surface area contributed by atoms with Gasteiger partial charge in [-0.05, 0) is 17.7 Å². The minimum absolute atomic E-state index is 0.342. The molecular weight excluding hydrogens is 214 g/mol. The van der Waals surface area contributed by atoms with Gasteiger partial charge >= 0.3 is 5.97 Å².